The molecule has 1 aromatic heterocycles. The van der Waals surface area contributed by atoms with Crippen LogP contribution in [0.2, 0.25) is 5.02 Å². The zero-order chi connectivity index (χ0) is 24.0. The summed E-state index contributed by atoms with van der Waals surface area (Å²) in [5, 5.41) is 8.27. The molecule has 1 heterocycles. The molecule has 3 aromatic rings. The summed E-state index contributed by atoms with van der Waals surface area (Å²) in [5.41, 5.74) is 1.43. The Bertz CT molecular complexity index is 1090. The second-order valence-corrected chi connectivity index (χ2v) is 10.1. The number of benzene rings is 2. The summed E-state index contributed by atoms with van der Waals surface area (Å²) in [6.07, 6.45) is 0. The number of thioether (sulfide) groups is 1. The maximum atomic E-state index is 12.9. The minimum absolute atomic E-state index is 0.0265. The fraction of sp³-hybridized carbons (Fsp3) is 0.320. The van der Waals surface area contributed by atoms with Gasteiger partial charge in [0.25, 0.3) is 0 Å². The van der Waals surface area contributed by atoms with Gasteiger partial charge < -0.3 is 10.2 Å². The molecule has 0 radical (unpaired) electrons. The van der Waals surface area contributed by atoms with E-state index in [9.17, 15) is 9.59 Å². The molecule has 0 atom stereocenters. The molecule has 2 aromatic carbocycles. The molecular weight excluding hydrogens is 456 g/mol. The van der Waals surface area contributed by atoms with Crippen LogP contribution in [0.25, 0.3) is 5.69 Å². The number of hydrogen-bond acceptors (Lipinski definition) is 4. The molecule has 0 spiro atoms. The number of rotatable bonds is 8. The van der Waals surface area contributed by atoms with Crippen molar-refractivity contribution in [3.8, 4) is 5.69 Å². The largest absolute Gasteiger partial charge is 0.333 e. The number of carbonyl (C=O) groups excluding carboxylic acids is 2. The summed E-state index contributed by atoms with van der Waals surface area (Å²) in [6, 6.07) is 18.9. The van der Waals surface area contributed by atoms with Crippen molar-refractivity contribution in [3.63, 3.8) is 0 Å². The number of aromatic nitrogens is 2. The van der Waals surface area contributed by atoms with E-state index in [0.717, 1.165) is 16.3 Å². The minimum Gasteiger partial charge on any atom is -0.333 e. The Labute approximate surface area is 204 Å². The lowest BCUT2D eigenvalue weighted by Crippen LogP contribution is -2.39. The first-order chi connectivity index (χ1) is 15.7. The Morgan fingerprint density at radius 1 is 1.09 bits per heavy atom. The highest BCUT2D eigenvalue weighted by molar-refractivity contribution is 8.00. The van der Waals surface area contributed by atoms with Gasteiger partial charge in [0.15, 0.2) is 0 Å². The Kier molecular flexibility index (Phi) is 8.21. The van der Waals surface area contributed by atoms with E-state index >= 15 is 0 Å². The van der Waals surface area contributed by atoms with Crippen molar-refractivity contribution in [1.82, 2.24) is 14.7 Å². The number of hydrogen-bond donors (Lipinski definition) is 1. The van der Waals surface area contributed by atoms with E-state index in [4.69, 9.17) is 16.7 Å². The molecule has 0 aliphatic rings. The summed E-state index contributed by atoms with van der Waals surface area (Å²) in [6.45, 7) is 8.49. The molecule has 6 nitrogen and oxygen atoms in total. The van der Waals surface area contributed by atoms with Crippen LogP contribution in [-0.4, -0.2) is 45.3 Å². The SMILES string of the molecule is CCN(CC(=O)Nc1cc(C(C)(C)C)nn1-c1ccc(Cl)cc1)C(=O)CSc1ccccc1. The molecule has 0 saturated carbocycles. The normalized spacial score (nSPS) is 11.3. The van der Waals surface area contributed by atoms with Crippen LogP contribution < -0.4 is 5.32 Å². The van der Waals surface area contributed by atoms with E-state index in [1.165, 1.54) is 11.8 Å². The predicted octanol–water partition coefficient (Wildman–Crippen LogP) is 5.40. The van der Waals surface area contributed by atoms with Gasteiger partial charge in [0.05, 0.1) is 23.7 Å². The molecule has 0 bridgehead atoms. The lowest BCUT2D eigenvalue weighted by Gasteiger charge is -2.20. The molecule has 8 heteroatoms. The van der Waals surface area contributed by atoms with Crippen molar-refractivity contribution in [1.29, 1.82) is 0 Å². The van der Waals surface area contributed by atoms with Gasteiger partial charge in [0.1, 0.15) is 5.82 Å². The quantitative estimate of drug-likeness (QED) is 0.434. The highest BCUT2D eigenvalue weighted by Crippen LogP contribution is 2.27. The Morgan fingerprint density at radius 2 is 1.76 bits per heavy atom. The third kappa shape index (κ3) is 6.85. The number of carbonyl (C=O) groups is 2. The van der Waals surface area contributed by atoms with Crippen LogP contribution >= 0.6 is 23.4 Å². The zero-order valence-electron chi connectivity index (χ0n) is 19.3. The van der Waals surface area contributed by atoms with Crippen molar-refractivity contribution in [2.24, 2.45) is 0 Å². The van der Waals surface area contributed by atoms with Gasteiger partial charge in [-0.2, -0.15) is 5.10 Å². The van der Waals surface area contributed by atoms with E-state index in [-0.39, 0.29) is 29.5 Å². The lowest BCUT2D eigenvalue weighted by atomic mass is 9.92. The maximum absolute atomic E-state index is 12.9. The van der Waals surface area contributed by atoms with Gasteiger partial charge >= 0.3 is 0 Å². The average Bonchev–Trinajstić information content (AvgIpc) is 3.21. The first-order valence-corrected chi connectivity index (χ1v) is 12.2. The molecule has 0 aliphatic heterocycles. The smallest absolute Gasteiger partial charge is 0.245 e. The number of anilines is 1. The molecule has 1 N–H and O–H groups in total. The molecule has 2 amide bonds. The van der Waals surface area contributed by atoms with E-state index in [1.54, 1.807) is 21.7 Å². The molecule has 0 aliphatic carbocycles. The van der Waals surface area contributed by atoms with Crippen molar-refractivity contribution in [2.45, 2.75) is 38.0 Å². The monoisotopic (exact) mass is 484 g/mol. The van der Waals surface area contributed by atoms with Gasteiger partial charge in [-0.05, 0) is 43.3 Å². The van der Waals surface area contributed by atoms with Crippen LogP contribution in [0.4, 0.5) is 5.82 Å². The first-order valence-electron chi connectivity index (χ1n) is 10.8. The van der Waals surface area contributed by atoms with Crippen molar-refractivity contribution >= 4 is 41.0 Å². The highest BCUT2D eigenvalue weighted by Gasteiger charge is 2.23. The van der Waals surface area contributed by atoms with Crippen LogP contribution in [0.5, 0.6) is 0 Å². The lowest BCUT2D eigenvalue weighted by molar-refractivity contribution is -0.132. The summed E-state index contributed by atoms with van der Waals surface area (Å²) in [4.78, 5) is 28.1. The number of nitrogens with one attached hydrogen (secondary N) is 1. The third-order valence-electron chi connectivity index (χ3n) is 4.99. The molecular formula is C25H29ClN4O2S. The number of nitrogens with zero attached hydrogens (tertiary/aromatic N) is 3. The van der Waals surface area contributed by atoms with Gasteiger partial charge in [-0.3, -0.25) is 9.59 Å². The average molecular weight is 485 g/mol. The molecule has 33 heavy (non-hydrogen) atoms. The second kappa shape index (κ2) is 10.9. The fourth-order valence-corrected chi connectivity index (χ4v) is 4.05. The van der Waals surface area contributed by atoms with E-state index < -0.39 is 0 Å². The van der Waals surface area contributed by atoms with Crippen LogP contribution in [0, 0.1) is 0 Å². The Hall–Kier alpha value is -2.77. The van der Waals surface area contributed by atoms with Crippen molar-refractivity contribution in [3.05, 3.63) is 71.4 Å². The van der Waals surface area contributed by atoms with Gasteiger partial charge in [0, 0.05) is 27.9 Å². The predicted molar refractivity (Wildman–Crippen MR) is 135 cm³/mol. The molecule has 174 valence electrons. The van der Waals surface area contributed by atoms with E-state index in [2.05, 4.69) is 26.1 Å². The van der Waals surface area contributed by atoms with Crippen LogP contribution in [0.15, 0.2) is 65.6 Å². The van der Waals surface area contributed by atoms with E-state index in [1.807, 2.05) is 55.5 Å². The fourth-order valence-electron chi connectivity index (χ4n) is 3.10. The maximum Gasteiger partial charge on any atom is 0.245 e. The highest BCUT2D eigenvalue weighted by atomic mass is 35.5. The van der Waals surface area contributed by atoms with Crippen LogP contribution in [0.3, 0.4) is 0 Å². The number of halogens is 1. The molecule has 3 rings (SSSR count). The van der Waals surface area contributed by atoms with Crippen molar-refractivity contribution < 1.29 is 9.59 Å². The summed E-state index contributed by atoms with van der Waals surface area (Å²) >= 11 is 7.49. The molecule has 0 fully saturated rings. The summed E-state index contributed by atoms with van der Waals surface area (Å²) in [5.74, 6) is 0.477. The zero-order valence-corrected chi connectivity index (χ0v) is 20.9. The number of likely N-dealkylation sites (N-methyl/N-ethyl adjacent to an activating group) is 1. The summed E-state index contributed by atoms with van der Waals surface area (Å²) in [7, 11) is 0. The second-order valence-electron chi connectivity index (χ2n) is 8.61. The topological polar surface area (TPSA) is 67.2 Å². The Morgan fingerprint density at radius 3 is 2.36 bits per heavy atom. The summed E-state index contributed by atoms with van der Waals surface area (Å²) < 4.78 is 1.69. The van der Waals surface area contributed by atoms with E-state index in [0.29, 0.717) is 17.4 Å². The van der Waals surface area contributed by atoms with Gasteiger partial charge in [-0.15, -0.1) is 11.8 Å². The first kappa shape index (κ1) is 24.9. The van der Waals surface area contributed by atoms with Gasteiger partial charge in [0.2, 0.25) is 11.8 Å². The van der Waals surface area contributed by atoms with Crippen LogP contribution in [0.1, 0.15) is 33.4 Å². The van der Waals surface area contributed by atoms with Gasteiger partial charge in [-0.25, -0.2) is 4.68 Å². The Balaban J connectivity index is 1.72. The van der Waals surface area contributed by atoms with Gasteiger partial charge in [-0.1, -0.05) is 50.6 Å². The van der Waals surface area contributed by atoms with Crippen LogP contribution in [-0.2, 0) is 15.0 Å². The number of amides is 2. The standard InChI is InChI=1S/C25H29ClN4O2S/c1-5-29(24(32)17-33-20-9-7-6-8-10-20)16-23(31)27-22-15-21(25(2,3)4)28-30(22)19-13-11-18(26)12-14-19/h6-15H,5,16-17H2,1-4H3,(H,27,31). The molecule has 0 saturated heterocycles. The third-order valence-corrected chi connectivity index (χ3v) is 6.24. The van der Waals surface area contributed by atoms with Crippen molar-refractivity contribution in [2.75, 3.05) is 24.2 Å². The minimum atomic E-state index is -0.273. The molecule has 0 unspecified atom stereocenters.